The molecule has 0 saturated carbocycles. The maximum Gasteiger partial charge on any atom is 0.220 e. The number of nitrogens with one attached hydrogen (secondary N) is 1. The summed E-state index contributed by atoms with van der Waals surface area (Å²) in [5.41, 5.74) is 3.24. The van der Waals surface area contributed by atoms with Crippen molar-refractivity contribution in [3.05, 3.63) is 84.3 Å². The average molecular weight is 433 g/mol. The van der Waals surface area contributed by atoms with Gasteiger partial charge in [0.15, 0.2) is 11.0 Å². The summed E-state index contributed by atoms with van der Waals surface area (Å²) >= 11 is 1.61. The molecule has 2 aromatic heterocycles. The molecular formula is C24H24N4O2S. The highest BCUT2D eigenvalue weighted by Crippen LogP contribution is 2.28. The summed E-state index contributed by atoms with van der Waals surface area (Å²) in [4.78, 5) is 12.1. The van der Waals surface area contributed by atoms with Gasteiger partial charge in [0, 0.05) is 23.4 Å². The number of furan rings is 1. The Bertz CT molecular complexity index is 1110. The minimum absolute atomic E-state index is 0.0157. The summed E-state index contributed by atoms with van der Waals surface area (Å²) in [6.07, 6.45) is 2.81. The van der Waals surface area contributed by atoms with Crippen LogP contribution in [-0.4, -0.2) is 26.4 Å². The summed E-state index contributed by atoms with van der Waals surface area (Å²) in [7, 11) is 0. The van der Waals surface area contributed by atoms with Crippen LogP contribution in [0.15, 0.2) is 82.6 Å². The van der Waals surface area contributed by atoms with Gasteiger partial charge in [0.1, 0.15) is 5.76 Å². The number of thioether (sulfide) groups is 1. The number of nitrogens with zero attached hydrogens (tertiary/aromatic N) is 3. The normalized spacial score (nSPS) is 10.9. The van der Waals surface area contributed by atoms with Crippen LogP contribution >= 0.6 is 11.8 Å². The molecular weight excluding hydrogens is 408 g/mol. The zero-order valence-corrected chi connectivity index (χ0v) is 18.1. The Morgan fingerprint density at radius 1 is 1.03 bits per heavy atom. The molecule has 0 aliphatic heterocycles. The molecule has 0 fully saturated rings. The van der Waals surface area contributed by atoms with Crippen molar-refractivity contribution < 1.29 is 9.21 Å². The zero-order valence-electron chi connectivity index (χ0n) is 17.3. The third-order valence-corrected chi connectivity index (χ3v) is 5.79. The van der Waals surface area contributed by atoms with E-state index in [4.69, 9.17) is 4.42 Å². The third kappa shape index (κ3) is 5.44. The molecule has 0 aliphatic carbocycles. The van der Waals surface area contributed by atoms with Crippen molar-refractivity contribution in [1.29, 1.82) is 0 Å². The zero-order chi connectivity index (χ0) is 21.5. The van der Waals surface area contributed by atoms with Crippen molar-refractivity contribution in [3.63, 3.8) is 0 Å². The van der Waals surface area contributed by atoms with Crippen molar-refractivity contribution in [1.82, 2.24) is 20.1 Å². The van der Waals surface area contributed by atoms with Crippen LogP contribution in [-0.2, 0) is 11.3 Å². The molecule has 0 bridgehead atoms. The summed E-state index contributed by atoms with van der Waals surface area (Å²) in [5.74, 6) is 2.35. The number of carbonyl (C=O) groups is 1. The average Bonchev–Trinajstić information content (AvgIpc) is 3.47. The first kappa shape index (κ1) is 20.9. The number of rotatable bonds is 9. The van der Waals surface area contributed by atoms with Gasteiger partial charge in [0.2, 0.25) is 5.91 Å². The summed E-state index contributed by atoms with van der Waals surface area (Å²) < 4.78 is 7.31. The Morgan fingerprint density at radius 2 is 1.84 bits per heavy atom. The summed E-state index contributed by atoms with van der Waals surface area (Å²) in [6.45, 7) is 2.49. The lowest BCUT2D eigenvalue weighted by Gasteiger charge is -2.11. The van der Waals surface area contributed by atoms with Crippen LogP contribution in [0.4, 0.5) is 0 Å². The molecule has 0 spiro atoms. The monoisotopic (exact) mass is 432 g/mol. The fourth-order valence-corrected chi connectivity index (χ4v) is 4.04. The van der Waals surface area contributed by atoms with E-state index in [0.29, 0.717) is 13.0 Å². The molecule has 0 saturated heterocycles. The van der Waals surface area contributed by atoms with Gasteiger partial charge in [-0.05, 0) is 37.6 Å². The Balaban J connectivity index is 1.41. The van der Waals surface area contributed by atoms with Crippen LogP contribution in [0.25, 0.3) is 17.1 Å². The molecule has 7 heteroatoms. The van der Waals surface area contributed by atoms with Crippen LogP contribution in [0.5, 0.6) is 0 Å². The fourth-order valence-electron chi connectivity index (χ4n) is 3.15. The van der Waals surface area contributed by atoms with Gasteiger partial charge in [-0.25, -0.2) is 0 Å². The number of amides is 1. The number of aryl methyl sites for hydroxylation is 1. The van der Waals surface area contributed by atoms with E-state index in [1.807, 2.05) is 42.5 Å². The van der Waals surface area contributed by atoms with Crippen LogP contribution in [0.2, 0.25) is 0 Å². The van der Waals surface area contributed by atoms with E-state index < -0.39 is 0 Å². The Hall–Kier alpha value is -3.32. The molecule has 4 rings (SSSR count). The Kier molecular flexibility index (Phi) is 6.84. The second kappa shape index (κ2) is 10.1. The van der Waals surface area contributed by atoms with Crippen molar-refractivity contribution >= 4 is 17.7 Å². The van der Waals surface area contributed by atoms with E-state index in [-0.39, 0.29) is 5.91 Å². The van der Waals surface area contributed by atoms with Gasteiger partial charge < -0.3 is 9.73 Å². The maximum absolute atomic E-state index is 12.1. The molecule has 31 heavy (non-hydrogen) atoms. The van der Waals surface area contributed by atoms with Gasteiger partial charge >= 0.3 is 0 Å². The molecule has 0 atom stereocenters. The van der Waals surface area contributed by atoms with Crippen LogP contribution < -0.4 is 5.32 Å². The van der Waals surface area contributed by atoms with Gasteiger partial charge in [0.25, 0.3) is 0 Å². The van der Waals surface area contributed by atoms with E-state index in [1.54, 1.807) is 18.0 Å². The highest BCUT2D eigenvalue weighted by molar-refractivity contribution is 7.99. The maximum atomic E-state index is 12.1. The van der Waals surface area contributed by atoms with Crippen molar-refractivity contribution in [2.24, 2.45) is 0 Å². The lowest BCUT2D eigenvalue weighted by atomic mass is 10.2. The predicted octanol–water partition coefficient (Wildman–Crippen LogP) is 5.02. The topological polar surface area (TPSA) is 73.0 Å². The SMILES string of the molecule is Cc1ccc(-n2c(SCCCC(=O)NCc3ccco3)nnc2-c2ccccc2)cc1. The first-order valence-electron chi connectivity index (χ1n) is 10.2. The first-order valence-corrected chi connectivity index (χ1v) is 11.2. The van der Waals surface area contributed by atoms with Gasteiger partial charge in [0.05, 0.1) is 12.8 Å². The molecule has 4 aromatic rings. The van der Waals surface area contributed by atoms with Crippen molar-refractivity contribution in [2.75, 3.05) is 5.75 Å². The van der Waals surface area contributed by atoms with Crippen molar-refractivity contribution in [2.45, 2.75) is 31.5 Å². The smallest absolute Gasteiger partial charge is 0.220 e. The second-order valence-electron chi connectivity index (χ2n) is 7.15. The number of aromatic nitrogens is 3. The summed E-state index contributed by atoms with van der Waals surface area (Å²) in [6, 6.07) is 22.0. The van der Waals surface area contributed by atoms with E-state index >= 15 is 0 Å². The first-order chi connectivity index (χ1) is 15.2. The third-order valence-electron chi connectivity index (χ3n) is 4.78. The lowest BCUT2D eigenvalue weighted by Crippen LogP contribution is -2.22. The minimum atomic E-state index is 0.0157. The van der Waals surface area contributed by atoms with Gasteiger partial charge in [-0.15, -0.1) is 10.2 Å². The van der Waals surface area contributed by atoms with Crippen molar-refractivity contribution in [3.8, 4) is 17.1 Å². The molecule has 0 aliphatic rings. The fraction of sp³-hybridized carbons (Fsp3) is 0.208. The Labute approximate surface area is 185 Å². The minimum Gasteiger partial charge on any atom is -0.467 e. The van der Waals surface area contributed by atoms with Crippen LogP contribution in [0.1, 0.15) is 24.2 Å². The number of benzene rings is 2. The standard InChI is InChI=1S/C24H24N4O2S/c1-18-11-13-20(14-12-18)28-23(19-7-3-2-4-8-19)26-27-24(28)31-16-6-10-22(29)25-17-21-9-5-15-30-21/h2-5,7-9,11-15H,6,10,16-17H2,1H3,(H,25,29). The van der Waals surface area contributed by atoms with E-state index in [0.717, 1.165) is 40.2 Å². The van der Waals surface area contributed by atoms with Gasteiger partial charge in [-0.3, -0.25) is 9.36 Å². The summed E-state index contributed by atoms with van der Waals surface area (Å²) in [5, 5.41) is 12.6. The van der Waals surface area contributed by atoms with E-state index in [9.17, 15) is 4.79 Å². The van der Waals surface area contributed by atoms with Gasteiger partial charge in [-0.1, -0.05) is 59.8 Å². The molecule has 2 heterocycles. The number of hydrogen-bond acceptors (Lipinski definition) is 5. The van der Waals surface area contributed by atoms with Gasteiger partial charge in [-0.2, -0.15) is 0 Å². The van der Waals surface area contributed by atoms with E-state index in [1.165, 1.54) is 5.56 Å². The highest BCUT2D eigenvalue weighted by atomic mass is 32.2. The van der Waals surface area contributed by atoms with Crippen LogP contribution in [0, 0.1) is 6.92 Å². The predicted molar refractivity (Wildman–Crippen MR) is 122 cm³/mol. The Morgan fingerprint density at radius 3 is 2.58 bits per heavy atom. The molecule has 1 N–H and O–H groups in total. The van der Waals surface area contributed by atoms with E-state index in [2.05, 4.69) is 51.3 Å². The molecule has 1 amide bonds. The highest BCUT2D eigenvalue weighted by Gasteiger charge is 2.16. The number of hydrogen-bond donors (Lipinski definition) is 1. The lowest BCUT2D eigenvalue weighted by molar-refractivity contribution is -0.121. The second-order valence-corrected chi connectivity index (χ2v) is 8.21. The largest absolute Gasteiger partial charge is 0.467 e. The number of carbonyl (C=O) groups excluding carboxylic acids is 1. The van der Waals surface area contributed by atoms with Crippen LogP contribution in [0.3, 0.4) is 0 Å². The molecule has 2 aromatic carbocycles. The quantitative estimate of drug-likeness (QED) is 0.297. The molecule has 0 radical (unpaired) electrons. The molecule has 0 unspecified atom stereocenters. The molecule has 158 valence electrons. The molecule has 6 nitrogen and oxygen atoms in total.